The van der Waals surface area contributed by atoms with Crippen molar-refractivity contribution in [2.45, 2.75) is 71.2 Å². The van der Waals surface area contributed by atoms with Gasteiger partial charge in [-0.15, -0.1) is 0 Å². The van der Waals surface area contributed by atoms with E-state index in [4.69, 9.17) is 29.1 Å². The number of hydrogen-bond acceptors (Lipinski definition) is 10. The second kappa shape index (κ2) is 12.5. The summed E-state index contributed by atoms with van der Waals surface area (Å²) < 4.78 is 28.0. The van der Waals surface area contributed by atoms with E-state index in [1.807, 2.05) is 19.9 Å². The first-order valence-electron chi connectivity index (χ1n) is 13.6. The van der Waals surface area contributed by atoms with Crippen LogP contribution in [0.15, 0.2) is 57.3 Å². The van der Waals surface area contributed by atoms with Crippen LogP contribution in [-0.2, 0) is 20.6 Å². The van der Waals surface area contributed by atoms with Gasteiger partial charge in [0.2, 0.25) is 6.29 Å². The van der Waals surface area contributed by atoms with Crippen LogP contribution in [0.25, 0.3) is 11.0 Å². The SMILES string of the molecule is CO[C@H]1[C@@H](OC(N)=O)[C@@H](O)[C@@H](Oc2ccc3cc(NC(=O)c4ccc(O)c(CC=C(C)C)c4)c(=O)oc3c2C)OC1(C)C. The highest BCUT2D eigenvalue weighted by Gasteiger charge is 2.53. The number of nitrogens with two attached hydrogens (primary N) is 1. The number of rotatable bonds is 8. The summed E-state index contributed by atoms with van der Waals surface area (Å²) in [5, 5.41) is 24.2. The maximum Gasteiger partial charge on any atom is 0.404 e. The summed E-state index contributed by atoms with van der Waals surface area (Å²) in [4.78, 5) is 37.4. The highest BCUT2D eigenvalue weighted by Crippen LogP contribution is 2.36. The van der Waals surface area contributed by atoms with Crippen molar-refractivity contribution in [2.24, 2.45) is 5.73 Å². The number of ether oxygens (including phenoxy) is 4. The molecule has 0 saturated carbocycles. The molecule has 1 aliphatic rings. The fourth-order valence-corrected chi connectivity index (χ4v) is 4.99. The normalized spacial score (nSPS) is 21.2. The van der Waals surface area contributed by atoms with Crippen molar-refractivity contribution in [3.63, 3.8) is 0 Å². The van der Waals surface area contributed by atoms with E-state index in [0.29, 0.717) is 22.9 Å². The average molecular weight is 597 g/mol. The molecule has 230 valence electrons. The fourth-order valence-electron chi connectivity index (χ4n) is 4.99. The summed E-state index contributed by atoms with van der Waals surface area (Å²) in [5.74, 6) is -0.249. The van der Waals surface area contributed by atoms with Crippen molar-refractivity contribution in [1.29, 1.82) is 0 Å². The molecular weight excluding hydrogens is 560 g/mol. The van der Waals surface area contributed by atoms with Gasteiger partial charge in [-0.25, -0.2) is 9.59 Å². The zero-order valence-corrected chi connectivity index (χ0v) is 24.8. The molecular formula is C31H36N2O10. The van der Waals surface area contributed by atoms with E-state index in [1.54, 1.807) is 39.0 Å². The summed E-state index contributed by atoms with van der Waals surface area (Å²) >= 11 is 0. The number of hydrogen-bond donors (Lipinski definition) is 4. The van der Waals surface area contributed by atoms with E-state index in [9.17, 15) is 24.6 Å². The van der Waals surface area contributed by atoms with Gasteiger partial charge in [0.15, 0.2) is 12.2 Å². The number of allylic oxidation sites excluding steroid dienone is 2. The minimum absolute atomic E-state index is 0.0666. The van der Waals surface area contributed by atoms with Gasteiger partial charge in [0.25, 0.3) is 5.91 Å². The second-order valence-corrected chi connectivity index (χ2v) is 11.1. The minimum atomic E-state index is -1.47. The van der Waals surface area contributed by atoms with Crippen molar-refractivity contribution >= 4 is 28.7 Å². The number of aryl methyl sites for hydroxylation is 1. The number of aliphatic hydroxyl groups is 1. The van der Waals surface area contributed by atoms with Crippen LogP contribution >= 0.6 is 0 Å². The van der Waals surface area contributed by atoms with Gasteiger partial charge in [-0.2, -0.15) is 0 Å². The van der Waals surface area contributed by atoms with Gasteiger partial charge in [0, 0.05) is 23.6 Å². The number of phenols is 1. The molecule has 12 heteroatoms. The molecule has 4 atom stereocenters. The highest BCUT2D eigenvalue weighted by atomic mass is 16.7. The maximum atomic E-state index is 13.0. The molecule has 0 aliphatic carbocycles. The zero-order valence-electron chi connectivity index (χ0n) is 24.8. The highest BCUT2D eigenvalue weighted by molar-refractivity contribution is 6.05. The lowest BCUT2D eigenvalue weighted by molar-refractivity contribution is -0.304. The zero-order chi connectivity index (χ0) is 31.6. The van der Waals surface area contributed by atoms with Crippen molar-refractivity contribution in [3.05, 3.63) is 75.2 Å². The number of amides is 2. The molecule has 1 aromatic heterocycles. The van der Waals surface area contributed by atoms with Crippen molar-refractivity contribution < 1.29 is 43.2 Å². The van der Waals surface area contributed by atoms with Crippen LogP contribution in [0.4, 0.5) is 10.5 Å². The van der Waals surface area contributed by atoms with Crippen molar-refractivity contribution in [2.75, 3.05) is 12.4 Å². The van der Waals surface area contributed by atoms with Gasteiger partial charge in [-0.05, 0) is 83.0 Å². The summed E-state index contributed by atoms with van der Waals surface area (Å²) in [7, 11) is 1.39. The Morgan fingerprint density at radius 2 is 1.88 bits per heavy atom. The Morgan fingerprint density at radius 1 is 1.16 bits per heavy atom. The predicted molar refractivity (Wildman–Crippen MR) is 157 cm³/mol. The molecule has 2 aromatic carbocycles. The molecule has 1 aliphatic heterocycles. The molecule has 0 bridgehead atoms. The molecule has 2 amide bonds. The molecule has 0 spiro atoms. The van der Waals surface area contributed by atoms with Crippen LogP contribution in [0.1, 0.15) is 49.2 Å². The molecule has 0 unspecified atom stereocenters. The third-order valence-electron chi connectivity index (χ3n) is 7.19. The number of fused-ring (bicyclic) bond motifs is 1. The Bertz CT molecular complexity index is 1620. The molecule has 12 nitrogen and oxygen atoms in total. The van der Waals surface area contributed by atoms with Crippen LogP contribution in [0.2, 0.25) is 0 Å². The summed E-state index contributed by atoms with van der Waals surface area (Å²) in [5.41, 5.74) is 5.81. The number of phenolic OH excluding ortho intramolecular Hbond substituents is 1. The van der Waals surface area contributed by atoms with Gasteiger partial charge in [0.05, 0.1) is 5.60 Å². The summed E-state index contributed by atoms with van der Waals surface area (Å²) in [6.45, 7) is 8.89. The Labute approximate surface area is 248 Å². The number of aromatic hydroxyl groups is 1. The number of benzene rings is 2. The van der Waals surface area contributed by atoms with E-state index >= 15 is 0 Å². The molecule has 43 heavy (non-hydrogen) atoms. The Balaban J connectivity index is 1.58. The predicted octanol–water partition coefficient (Wildman–Crippen LogP) is 3.92. The lowest BCUT2D eigenvalue weighted by atomic mass is 9.89. The Kier molecular flexibility index (Phi) is 9.14. The van der Waals surface area contributed by atoms with Crippen LogP contribution in [0, 0.1) is 6.92 Å². The maximum absolute atomic E-state index is 13.0. The van der Waals surface area contributed by atoms with E-state index < -0.39 is 47.8 Å². The smallest absolute Gasteiger partial charge is 0.404 e. The molecule has 2 heterocycles. The Morgan fingerprint density at radius 3 is 2.53 bits per heavy atom. The number of aliphatic hydroxyl groups excluding tert-OH is 1. The van der Waals surface area contributed by atoms with Gasteiger partial charge < -0.3 is 44.6 Å². The largest absolute Gasteiger partial charge is 0.508 e. The number of methoxy groups -OCH3 is 1. The Hall–Kier alpha value is -4.39. The first kappa shape index (κ1) is 31.5. The van der Waals surface area contributed by atoms with Crippen LogP contribution < -0.4 is 21.4 Å². The van der Waals surface area contributed by atoms with Crippen LogP contribution in [-0.4, -0.2) is 59.5 Å². The van der Waals surface area contributed by atoms with E-state index in [-0.39, 0.29) is 28.3 Å². The van der Waals surface area contributed by atoms with E-state index in [1.165, 1.54) is 25.3 Å². The van der Waals surface area contributed by atoms with Gasteiger partial charge in [-0.3, -0.25) is 4.79 Å². The first-order valence-corrected chi connectivity index (χ1v) is 13.6. The lowest BCUT2D eigenvalue weighted by Gasteiger charge is -2.47. The molecule has 5 N–H and O–H groups in total. The van der Waals surface area contributed by atoms with Crippen molar-refractivity contribution in [3.8, 4) is 11.5 Å². The fraction of sp³-hybridized carbons (Fsp3) is 0.387. The number of carbonyl (C=O) groups excluding carboxylic acids is 2. The molecule has 3 aromatic rings. The first-order chi connectivity index (χ1) is 20.2. The minimum Gasteiger partial charge on any atom is -0.508 e. The molecule has 1 saturated heterocycles. The van der Waals surface area contributed by atoms with Gasteiger partial charge >= 0.3 is 11.7 Å². The standard InChI is InChI=1S/C31H36N2O10/c1-15(2)7-8-17-13-19(9-11-21(17)34)27(36)33-20-14-18-10-12-22(16(3)24(18)41-28(20)37)40-29-23(35)25(42-30(32)38)26(39-6)31(4,5)43-29/h7,9-14,23,25-26,29,34-35H,8H2,1-6H3,(H2,32,38)(H,33,36)/t23-,25+,26+,29+/m1/s1. The second-order valence-electron chi connectivity index (χ2n) is 11.1. The third kappa shape index (κ3) is 6.82. The van der Waals surface area contributed by atoms with Gasteiger partial charge in [0.1, 0.15) is 28.9 Å². The van der Waals surface area contributed by atoms with E-state index in [0.717, 1.165) is 5.57 Å². The number of anilines is 1. The number of carbonyl (C=O) groups is 2. The molecule has 0 radical (unpaired) electrons. The monoisotopic (exact) mass is 596 g/mol. The number of nitrogens with one attached hydrogen (secondary N) is 1. The summed E-state index contributed by atoms with van der Waals surface area (Å²) in [6, 6.07) is 9.15. The molecule has 1 fully saturated rings. The van der Waals surface area contributed by atoms with Crippen LogP contribution in [0.5, 0.6) is 11.5 Å². The van der Waals surface area contributed by atoms with E-state index in [2.05, 4.69) is 5.32 Å². The average Bonchev–Trinajstić information content (AvgIpc) is 2.92. The molecule has 4 rings (SSSR count). The third-order valence-corrected chi connectivity index (χ3v) is 7.19. The number of primary amides is 1. The van der Waals surface area contributed by atoms with Gasteiger partial charge in [-0.1, -0.05) is 11.6 Å². The van der Waals surface area contributed by atoms with Crippen LogP contribution in [0.3, 0.4) is 0 Å². The lowest BCUT2D eigenvalue weighted by Crippen LogP contribution is -2.65. The topological polar surface area (TPSA) is 180 Å². The quantitative estimate of drug-likeness (QED) is 0.220. The van der Waals surface area contributed by atoms with Crippen molar-refractivity contribution in [1.82, 2.24) is 0 Å². The summed E-state index contributed by atoms with van der Waals surface area (Å²) in [6.07, 6.45) is -3.50.